The summed E-state index contributed by atoms with van der Waals surface area (Å²) in [6.07, 6.45) is 0. The van der Waals surface area contributed by atoms with Crippen LogP contribution in [0.5, 0.6) is 17.2 Å². The van der Waals surface area contributed by atoms with Crippen molar-refractivity contribution in [2.45, 2.75) is 26.6 Å². The number of nitrogens with one attached hydrogen (secondary N) is 1. The summed E-state index contributed by atoms with van der Waals surface area (Å²) >= 11 is 5.95. The molecule has 0 atom stereocenters. The number of fused-ring (bicyclic) bond motifs is 1. The largest absolute Gasteiger partial charge is 0.497 e. The number of carbonyl (C=O) groups excluding carboxylic acids is 2. The van der Waals surface area contributed by atoms with Crippen molar-refractivity contribution in [1.29, 1.82) is 0 Å². The van der Waals surface area contributed by atoms with Gasteiger partial charge in [-0.1, -0.05) is 11.6 Å². The normalized spacial score (nSPS) is 10.9. The highest BCUT2D eigenvalue weighted by Crippen LogP contribution is 2.28. The lowest BCUT2D eigenvalue weighted by molar-refractivity contribution is -0.666. The van der Waals surface area contributed by atoms with E-state index in [9.17, 15) is 9.59 Å². The van der Waals surface area contributed by atoms with Crippen LogP contribution in [0, 0.1) is 0 Å². The molecule has 39 heavy (non-hydrogen) atoms. The first-order valence-electron chi connectivity index (χ1n) is 11.9. The van der Waals surface area contributed by atoms with Gasteiger partial charge in [0.25, 0.3) is 11.7 Å². The van der Waals surface area contributed by atoms with Crippen molar-refractivity contribution in [3.8, 4) is 17.2 Å². The maximum atomic E-state index is 13.5. The van der Waals surface area contributed by atoms with Crippen LogP contribution in [-0.2, 0) is 19.6 Å². The Bertz CT molecular complexity index is 1570. The lowest BCUT2D eigenvalue weighted by Gasteiger charge is -2.10. The van der Waals surface area contributed by atoms with Gasteiger partial charge in [-0.15, -0.1) is 0 Å². The molecule has 0 aliphatic rings. The van der Waals surface area contributed by atoms with Gasteiger partial charge < -0.3 is 31.0 Å². The van der Waals surface area contributed by atoms with Crippen molar-refractivity contribution < 1.29 is 28.4 Å². The quantitative estimate of drug-likeness (QED) is 0.197. The third kappa shape index (κ3) is 5.36. The molecule has 0 fully saturated rings. The van der Waals surface area contributed by atoms with Gasteiger partial charge in [-0.25, -0.2) is 19.1 Å². The Morgan fingerprint density at radius 3 is 2.41 bits per heavy atom. The molecule has 0 spiro atoms. The molecule has 4 aromatic rings. The maximum absolute atomic E-state index is 13.5. The van der Waals surface area contributed by atoms with Gasteiger partial charge in [0.15, 0.2) is 51.6 Å². The number of hydrogen-bond donors (Lipinski definition) is 3. The number of halogens is 1. The summed E-state index contributed by atoms with van der Waals surface area (Å²) in [7, 11) is 4.62. The molecule has 1 amide bonds. The number of methoxy groups -OCH3 is 3. The molecular formula is C26H29ClN7O5+. The van der Waals surface area contributed by atoms with Crippen molar-refractivity contribution >= 4 is 46.0 Å². The monoisotopic (exact) mass is 554 g/mol. The first-order valence-corrected chi connectivity index (χ1v) is 12.3. The molecule has 5 N–H and O–H groups in total. The van der Waals surface area contributed by atoms with Gasteiger partial charge in [0.1, 0.15) is 12.3 Å². The first-order chi connectivity index (χ1) is 18.7. The molecule has 2 aromatic heterocycles. The van der Waals surface area contributed by atoms with Crippen molar-refractivity contribution in [3.63, 3.8) is 0 Å². The van der Waals surface area contributed by atoms with Gasteiger partial charge in [-0.05, 0) is 37.3 Å². The topological polar surface area (TPSA) is 160 Å². The van der Waals surface area contributed by atoms with Gasteiger partial charge in [0.2, 0.25) is 5.78 Å². The molecule has 0 bridgehead atoms. The van der Waals surface area contributed by atoms with Crippen LogP contribution in [0.1, 0.15) is 33.6 Å². The zero-order valence-corrected chi connectivity index (χ0v) is 22.7. The van der Waals surface area contributed by atoms with E-state index in [4.69, 9.17) is 37.3 Å². The third-order valence-corrected chi connectivity index (χ3v) is 6.52. The van der Waals surface area contributed by atoms with Crippen LogP contribution in [0.15, 0.2) is 36.4 Å². The summed E-state index contributed by atoms with van der Waals surface area (Å²) in [6.45, 7) is 2.56. The minimum atomic E-state index is -0.592. The highest BCUT2D eigenvalue weighted by molar-refractivity contribution is 6.31. The Kier molecular flexibility index (Phi) is 8.05. The van der Waals surface area contributed by atoms with Crippen molar-refractivity contribution in [1.82, 2.24) is 19.9 Å². The fourth-order valence-corrected chi connectivity index (χ4v) is 4.44. The number of hydrogen-bond acceptors (Lipinski definition) is 9. The minimum absolute atomic E-state index is 0.00778. The number of anilines is 2. The predicted octanol–water partition coefficient (Wildman–Crippen LogP) is 2.40. The van der Waals surface area contributed by atoms with Crippen molar-refractivity contribution in [2.24, 2.45) is 0 Å². The maximum Gasteiger partial charge on any atom is 0.277 e. The molecule has 0 aliphatic heterocycles. The number of Topliss-reactive ketones (excluding diaryl/α,β-unsaturated/α-hetero) is 1. The van der Waals surface area contributed by atoms with E-state index in [2.05, 4.69) is 15.3 Å². The molecule has 0 aliphatic carbocycles. The SMILES string of the molecule is CCn1c(CNC(=O)c2nc(Cl)c(N)nc2N)[n+](CC(=O)c2ccc(OC)c(OC)c2)c2ccc(OC)cc21. The smallest absolute Gasteiger partial charge is 0.277 e. The van der Waals surface area contributed by atoms with Gasteiger partial charge in [0.05, 0.1) is 27.9 Å². The van der Waals surface area contributed by atoms with Crippen molar-refractivity contribution in [2.75, 3.05) is 32.8 Å². The van der Waals surface area contributed by atoms with Crippen LogP contribution in [0.4, 0.5) is 11.6 Å². The van der Waals surface area contributed by atoms with E-state index in [-0.39, 0.29) is 41.4 Å². The molecule has 12 nitrogen and oxygen atoms in total. The van der Waals surface area contributed by atoms with Gasteiger partial charge in [0, 0.05) is 11.6 Å². The molecule has 0 radical (unpaired) electrons. The second-order valence-electron chi connectivity index (χ2n) is 8.41. The number of imidazole rings is 1. The molecule has 4 rings (SSSR count). The molecule has 13 heteroatoms. The Morgan fingerprint density at radius 1 is 1.00 bits per heavy atom. The third-order valence-electron chi connectivity index (χ3n) is 6.24. The van der Waals surface area contributed by atoms with Gasteiger partial charge >= 0.3 is 0 Å². The van der Waals surface area contributed by atoms with E-state index in [1.807, 2.05) is 34.3 Å². The second-order valence-corrected chi connectivity index (χ2v) is 8.77. The average molecular weight is 555 g/mol. The van der Waals surface area contributed by atoms with Crippen LogP contribution in [0.2, 0.25) is 5.15 Å². The van der Waals surface area contributed by atoms with E-state index in [0.29, 0.717) is 35.2 Å². The van der Waals surface area contributed by atoms with E-state index >= 15 is 0 Å². The Morgan fingerprint density at radius 2 is 1.74 bits per heavy atom. The number of nitrogens with two attached hydrogens (primary N) is 2. The number of rotatable bonds is 10. The summed E-state index contributed by atoms with van der Waals surface area (Å²) in [4.78, 5) is 34.3. The standard InChI is InChI=1S/C26H28ClN7O5/c1-5-33-17-11-15(37-2)7-8-16(17)34(13-18(35)14-6-9-19(38-3)20(10-14)39-4)21(33)12-30-26(36)22-24(28)32-25(29)23(27)31-22/h6-11H,5,12-13H2,1-4H3,(H4-,28,29,30,32,36)/p+1. The number of aryl methyl sites for hydroxylation is 1. The highest BCUT2D eigenvalue weighted by atomic mass is 35.5. The van der Waals surface area contributed by atoms with Crippen LogP contribution in [0.3, 0.4) is 0 Å². The minimum Gasteiger partial charge on any atom is -0.497 e. The van der Waals surface area contributed by atoms with Gasteiger partial charge in [-0.3, -0.25) is 9.59 Å². The number of nitrogens with zero attached hydrogens (tertiary/aromatic N) is 4. The molecule has 0 saturated carbocycles. The summed E-state index contributed by atoms with van der Waals surface area (Å²) in [5.74, 6) is 1.31. The number of ketones is 1. The van der Waals surface area contributed by atoms with E-state index in [1.54, 1.807) is 25.3 Å². The van der Waals surface area contributed by atoms with Crippen LogP contribution in [0.25, 0.3) is 11.0 Å². The summed E-state index contributed by atoms with van der Waals surface area (Å²) in [5.41, 5.74) is 13.4. The number of aromatic nitrogens is 4. The van der Waals surface area contributed by atoms with E-state index < -0.39 is 5.91 Å². The zero-order valence-electron chi connectivity index (χ0n) is 21.9. The van der Waals surface area contributed by atoms with Crippen LogP contribution in [-0.4, -0.2) is 47.6 Å². The molecule has 204 valence electrons. The van der Waals surface area contributed by atoms with E-state index in [1.165, 1.54) is 14.2 Å². The predicted molar refractivity (Wildman–Crippen MR) is 145 cm³/mol. The molecule has 0 unspecified atom stereocenters. The summed E-state index contributed by atoms with van der Waals surface area (Å²) in [5, 5.41) is 2.69. The molecule has 2 heterocycles. The summed E-state index contributed by atoms with van der Waals surface area (Å²) in [6, 6.07) is 10.6. The van der Waals surface area contributed by atoms with E-state index in [0.717, 1.165) is 11.0 Å². The fourth-order valence-electron chi connectivity index (χ4n) is 4.31. The van der Waals surface area contributed by atoms with Crippen LogP contribution < -0.4 is 35.6 Å². The van der Waals surface area contributed by atoms with Crippen LogP contribution >= 0.6 is 11.6 Å². The number of carbonyl (C=O) groups is 2. The number of benzene rings is 2. The number of amides is 1. The molecular weight excluding hydrogens is 526 g/mol. The first kappa shape index (κ1) is 27.5. The summed E-state index contributed by atoms with van der Waals surface area (Å²) < 4.78 is 19.9. The second kappa shape index (κ2) is 11.4. The molecule has 0 saturated heterocycles. The number of nitrogen functional groups attached to an aromatic ring is 2. The van der Waals surface area contributed by atoms with Gasteiger partial charge in [-0.2, -0.15) is 0 Å². The van der Waals surface area contributed by atoms with Crippen molar-refractivity contribution in [3.05, 3.63) is 58.6 Å². The average Bonchev–Trinajstić information content (AvgIpc) is 3.24. The molecule has 2 aromatic carbocycles. The Hall–Kier alpha value is -4.58. The lowest BCUT2D eigenvalue weighted by atomic mass is 10.1. The fraction of sp³-hybridized carbons (Fsp3) is 0.269. The Labute approximate surface area is 229 Å². The zero-order chi connectivity index (χ0) is 28.3. The Balaban J connectivity index is 1.74. The lowest BCUT2D eigenvalue weighted by Crippen LogP contribution is -2.44. The highest BCUT2D eigenvalue weighted by Gasteiger charge is 2.28. The number of ether oxygens (including phenoxy) is 3.